The molecule has 2 amide bonds. The average Bonchev–Trinajstić information content (AvgIpc) is 2.77. The average molecular weight is 295 g/mol. The Balaban J connectivity index is 1.65. The maximum Gasteiger partial charge on any atom is 0.315 e. The van der Waals surface area contributed by atoms with Crippen molar-refractivity contribution in [1.29, 1.82) is 0 Å². The second-order valence-corrected chi connectivity index (χ2v) is 5.76. The number of carbonyl (C=O) groups excluding carboxylic acids is 1. The van der Waals surface area contributed by atoms with Gasteiger partial charge in [0.15, 0.2) is 0 Å². The SMILES string of the molecule is Cc1noc(C)c1CCCNC(=O)NC1CCCCC1O. The van der Waals surface area contributed by atoms with Gasteiger partial charge in [-0.15, -0.1) is 0 Å². The summed E-state index contributed by atoms with van der Waals surface area (Å²) in [6.07, 6.45) is 5.00. The van der Waals surface area contributed by atoms with Gasteiger partial charge in [-0.2, -0.15) is 0 Å². The minimum Gasteiger partial charge on any atom is -0.391 e. The van der Waals surface area contributed by atoms with Crippen molar-refractivity contribution in [2.24, 2.45) is 0 Å². The first-order chi connectivity index (χ1) is 10.1. The van der Waals surface area contributed by atoms with Crippen LogP contribution in [-0.4, -0.2) is 35.0 Å². The summed E-state index contributed by atoms with van der Waals surface area (Å²) >= 11 is 0. The summed E-state index contributed by atoms with van der Waals surface area (Å²) in [6, 6.07) is -0.305. The van der Waals surface area contributed by atoms with Crippen LogP contribution in [0.25, 0.3) is 0 Å². The van der Waals surface area contributed by atoms with Crippen LogP contribution in [0.5, 0.6) is 0 Å². The van der Waals surface area contributed by atoms with E-state index in [2.05, 4.69) is 15.8 Å². The molecule has 0 aromatic carbocycles. The molecular formula is C15H25N3O3. The van der Waals surface area contributed by atoms with Gasteiger partial charge < -0.3 is 20.3 Å². The van der Waals surface area contributed by atoms with Crippen molar-refractivity contribution < 1.29 is 14.4 Å². The number of nitrogens with one attached hydrogen (secondary N) is 2. The first-order valence-corrected chi connectivity index (χ1v) is 7.72. The summed E-state index contributed by atoms with van der Waals surface area (Å²) in [5, 5.41) is 19.4. The number of hydrogen-bond acceptors (Lipinski definition) is 4. The maximum absolute atomic E-state index is 11.8. The lowest BCUT2D eigenvalue weighted by Gasteiger charge is -2.28. The van der Waals surface area contributed by atoms with Crippen molar-refractivity contribution >= 4 is 6.03 Å². The van der Waals surface area contributed by atoms with Gasteiger partial charge in [-0.05, 0) is 39.5 Å². The summed E-state index contributed by atoms with van der Waals surface area (Å²) in [5.74, 6) is 0.849. The minimum atomic E-state index is -0.410. The van der Waals surface area contributed by atoms with Crippen molar-refractivity contribution in [3.05, 3.63) is 17.0 Å². The van der Waals surface area contributed by atoms with Crippen LogP contribution in [0.1, 0.15) is 49.1 Å². The van der Waals surface area contributed by atoms with Gasteiger partial charge in [0, 0.05) is 12.1 Å². The number of hydrogen-bond donors (Lipinski definition) is 3. The molecule has 0 aliphatic heterocycles. The van der Waals surface area contributed by atoms with Gasteiger partial charge >= 0.3 is 6.03 Å². The first-order valence-electron chi connectivity index (χ1n) is 7.72. The predicted molar refractivity (Wildman–Crippen MR) is 79.1 cm³/mol. The highest BCUT2D eigenvalue weighted by Gasteiger charge is 2.24. The number of aryl methyl sites for hydroxylation is 2. The molecule has 118 valence electrons. The highest BCUT2D eigenvalue weighted by Crippen LogP contribution is 2.18. The zero-order valence-electron chi connectivity index (χ0n) is 12.8. The molecule has 2 rings (SSSR count). The van der Waals surface area contributed by atoms with Crippen LogP contribution in [-0.2, 0) is 6.42 Å². The number of urea groups is 1. The van der Waals surface area contributed by atoms with Gasteiger partial charge in [0.1, 0.15) is 5.76 Å². The van der Waals surface area contributed by atoms with Gasteiger partial charge in [0.2, 0.25) is 0 Å². The molecular weight excluding hydrogens is 270 g/mol. The maximum atomic E-state index is 11.8. The molecule has 0 saturated heterocycles. The Morgan fingerprint density at radius 2 is 2.14 bits per heavy atom. The number of aliphatic hydroxyl groups excluding tert-OH is 1. The van der Waals surface area contributed by atoms with Crippen LogP contribution in [0.4, 0.5) is 4.79 Å². The lowest BCUT2D eigenvalue weighted by atomic mass is 9.93. The normalized spacial score (nSPS) is 22.0. The lowest BCUT2D eigenvalue weighted by Crippen LogP contribution is -2.49. The third kappa shape index (κ3) is 4.46. The van der Waals surface area contributed by atoms with E-state index in [1.165, 1.54) is 0 Å². The number of nitrogens with zero attached hydrogens (tertiary/aromatic N) is 1. The molecule has 21 heavy (non-hydrogen) atoms. The molecule has 0 radical (unpaired) electrons. The van der Waals surface area contributed by atoms with Crippen LogP contribution in [0.2, 0.25) is 0 Å². The van der Waals surface area contributed by atoms with Crippen LogP contribution < -0.4 is 10.6 Å². The van der Waals surface area contributed by atoms with Gasteiger partial charge in [-0.3, -0.25) is 0 Å². The van der Waals surface area contributed by atoms with E-state index in [9.17, 15) is 9.90 Å². The van der Waals surface area contributed by atoms with E-state index in [-0.39, 0.29) is 12.1 Å². The molecule has 0 spiro atoms. The zero-order chi connectivity index (χ0) is 15.2. The Morgan fingerprint density at radius 1 is 1.38 bits per heavy atom. The molecule has 1 fully saturated rings. The predicted octanol–water partition coefficient (Wildman–Crippen LogP) is 1.83. The fraction of sp³-hybridized carbons (Fsp3) is 0.733. The van der Waals surface area contributed by atoms with Gasteiger partial charge in [0.05, 0.1) is 17.8 Å². The first kappa shape index (κ1) is 15.8. The fourth-order valence-electron chi connectivity index (χ4n) is 2.82. The Hall–Kier alpha value is -1.56. The van der Waals surface area contributed by atoms with E-state index in [0.717, 1.165) is 55.5 Å². The Morgan fingerprint density at radius 3 is 2.81 bits per heavy atom. The van der Waals surface area contributed by atoms with Crippen molar-refractivity contribution in [3.63, 3.8) is 0 Å². The molecule has 6 nitrogen and oxygen atoms in total. The summed E-state index contributed by atoms with van der Waals surface area (Å²) in [5.41, 5.74) is 2.04. The number of amides is 2. The third-order valence-corrected chi connectivity index (χ3v) is 4.12. The third-order valence-electron chi connectivity index (χ3n) is 4.12. The van der Waals surface area contributed by atoms with Crippen molar-refractivity contribution in [3.8, 4) is 0 Å². The molecule has 1 aliphatic carbocycles. The van der Waals surface area contributed by atoms with Crippen LogP contribution in [0, 0.1) is 13.8 Å². The van der Waals surface area contributed by atoms with Crippen LogP contribution in [0.15, 0.2) is 4.52 Å². The molecule has 2 unspecified atom stereocenters. The van der Waals surface area contributed by atoms with E-state index in [0.29, 0.717) is 6.54 Å². The van der Waals surface area contributed by atoms with E-state index >= 15 is 0 Å². The number of aromatic nitrogens is 1. The quantitative estimate of drug-likeness (QED) is 0.723. The Bertz CT molecular complexity index is 453. The smallest absolute Gasteiger partial charge is 0.315 e. The molecule has 1 aromatic heterocycles. The molecule has 1 aromatic rings. The number of rotatable bonds is 5. The number of carbonyl (C=O) groups is 1. The molecule has 0 bridgehead atoms. The minimum absolute atomic E-state index is 0.110. The van der Waals surface area contributed by atoms with Crippen molar-refractivity contribution in [2.75, 3.05) is 6.54 Å². The van der Waals surface area contributed by atoms with Gasteiger partial charge in [-0.25, -0.2) is 4.79 Å². The summed E-state index contributed by atoms with van der Waals surface area (Å²) in [4.78, 5) is 11.8. The summed E-state index contributed by atoms with van der Waals surface area (Å²) in [6.45, 7) is 4.43. The topological polar surface area (TPSA) is 87.4 Å². The molecule has 2 atom stereocenters. The number of aliphatic hydroxyl groups is 1. The van der Waals surface area contributed by atoms with E-state index in [1.54, 1.807) is 0 Å². The van der Waals surface area contributed by atoms with Crippen molar-refractivity contribution in [2.45, 2.75) is 64.5 Å². The molecule has 1 saturated carbocycles. The highest BCUT2D eigenvalue weighted by atomic mass is 16.5. The zero-order valence-corrected chi connectivity index (χ0v) is 12.8. The second-order valence-electron chi connectivity index (χ2n) is 5.76. The molecule has 1 aliphatic rings. The Labute approximate surface area is 125 Å². The fourth-order valence-corrected chi connectivity index (χ4v) is 2.82. The Kier molecular flexibility index (Phi) is 5.61. The monoisotopic (exact) mass is 295 g/mol. The van der Waals surface area contributed by atoms with Gasteiger partial charge in [-0.1, -0.05) is 18.0 Å². The highest BCUT2D eigenvalue weighted by molar-refractivity contribution is 5.74. The summed E-state index contributed by atoms with van der Waals surface area (Å²) in [7, 11) is 0. The van der Waals surface area contributed by atoms with E-state index in [1.807, 2.05) is 13.8 Å². The summed E-state index contributed by atoms with van der Waals surface area (Å²) < 4.78 is 5.11. The largest absolute Gasteiger partial charge is 0.391 e. The second kappa shape index (κ2) is 7.45. The van der Waals surface area contributed by atoms with Gasteiger partial charge in [0.25, 0.3) is 0 Å². The molecule has 3 N–H and O–H groups in total. The van der Waals surface area contributed by atoms with Crippen molar-refractivity contribution in [1.82, 2.24) is 15.8 Å². The molecule has 1 heterocycles. The van der Waals surface area contributed by atoms with Crippen LogP contribution in [0.3, 0.4) is 0 Å². The van der Waals surface area contributed by atoms with Crippen LogP contribution >= 0.6 is 0 Å². The molecule has 6 heteroatoms. The van der Waals surface area contributed by atoms with E-state index in [4.69, 9.17) is 4.52 Å². The standard InChI is InChI=1S/C15H25N3O3/c1-10-12(11(2)21-18-10)6-5-9-16-15(20)17-13-7-3-4-8-14(13)19/h13-14,19H,3-9H2,1-2H3,(H2,16,17,20). The van der Waals surface area contributed by atoms with E-state index < -0.39 is 6.10 Å². The lowest BCUT2D eigenvalue weighted by molar-refractivity contribution is 0.0943.